The van der Waals surface area contributed by atoms with Gasteiger partial charge in [0.1, 0.15) is 0 Å². The number of imide groups is 2. The summed E-state index contributed by atoms with van der Waals surface area (Å²) >= 11 is 6.04. The number of phenolic OH excluding ortho intramolecular Hbond substituents is 1. The number of allylic oxidation sites excluding steroid dienone is 2. The molecule has 3 aromatic rings. The van der Waals surface area contributed by atoms with Crippen molar-refractivity contribution >= 4 is 46.6 Å². The second-order valence-electron chi connectivity index (χ2n) is 11.7. The molecule has 6 atom stereocenters. The number of carbonyl (C=O) groups excluding carboxylic acids is 4. The van der Waals surface area contributed by atoms with Gasteiger partial charge < -0.3 is 5.11 Å². The third-order valence-corrected chi connectivity index (χ3v) is 9.95. The Morgan fingerprint density at radius 2 is 1.52 bits per heavy atom. The molecule has 9 heteroatoms. The molecule has 42 heavy (non-hydrogen) atoms. The molecule has 0 aromatic heterocycles. The average molecular weight is 585 g/mol. The molecule has 0 unspecified atom stereocenters. The quantitative estimate of drug-likeness (QED) is 0.318. The molecule has 2 aliphatic carbocycles. The van der Waals surface area contributed by atoms with Crippen LogP contribution in [0.15, 0.2) is 84.4 Å². The van der Waals surface area contributed by atoms with Crippen molar-refractivity contribution in [3.05, 3.63) is 101 Å². The molecule has 3 fully saturated rings. The first-order valence-corrected chi connectivity index (χ1v) is 14.3. The summed E-state index contributed by atoms with van der Waals surface area (Å²) in [4.78, 5) is 58.4. The second-order valence-corrected chi connectivity index (χ2v) is 12.1. The summed E-state index contributed by atoms with van der Waals surface area (Å²) in [6.07, 6.45) is 2.27. The second kappa shape index (κ2) is 9.36. The number of hydrogen-bond acceptors (Lipinski definition) is 5. The first-order valence-electron chi connectivity index (χ1n) is 13.9. The van der Waals surface area contributed by atoms with Crippen LogP contribution in [0.25, 0.3) is 0 Å². The molecule has 4 aliphatic rings. The number of aromatic hydroxyl groups is 1. The van der Waals surface area contributed by atoms with Crippen molar-refractivity contribution in [2.24, 2.45) is 29.1 Å². The van der Waals surface area contributed by atoms with E-state index in [1.54, 1.807) is 67.6 Å². The highest BCUT2D eigenvalue weighted by Crippen LogP contribution is 2.64. The molecule has 2 heterocycles. The fourth-order valence-corrected chi connectivity index (χ4v) is 7.92. The molecule has 0 radical (unpaired) electrons. The van der Waals surface area contributed by atoms with Gasteiger partial charge in [-0.05, 0) is 68.1 Å². The van der Waals surface area contributed by atoms with Crippen LogP contribution < -0.4 is 9.80 Å². The van der Waals surface area contributed by atoms with Crippen LogP contribution in [0, 0.1) is 34.9 Å². The molecule has 2 saturated heterocycles. The van der Waals surface area contributed by atoms with Crippen molar-refractivity contribution < 1.29 is 28.7 Å². The molecule has 212 valence electrons. The van der Waals surface area contributed by atoms with Gasteiger partial charge in [0.15, 0.2) is 11.6 Å². The summed E-state index contributed by atoms with van der Waals surface area (Å²) in [6.45, 7) is 1.70. The van der Waals surface area contributed by atoms with E-state index in [0.717, 1.165) is 6.07 Å². The lowest BCUT2D eigenvalue weighted by Crippen LogP contribution is -2.49. The maximum Gasteiger partial charge on any atom is 0.241 e. The van der Waals surface area contributed by atoms with Gasteiger partial charge in [0.2, 0.25) is 23.6 Å². The maximum absolute atomic E-state index is 14.8. The minimum Gasteiger partial charge on any atom is -0.505 e. The number of rotatable bonds is 3. The molecule has 0 bridgehead atoms. The van der Waals surface area contributed by atoms with Crippen molar-refractivity contribution in [3.8, 4) is 5.75 Å². The molecule has 3 aromatic carbocycles. The van der Waals surface area contributed by atoms with Gasteiger partial charge in [-0.25, -0.2) is 9.29 Å². The summed E-state index contributed by atoms with van der Waals surface area (Å²) in [5.74, 6) is -6.78. The highest BCUT2D eigenvalue weighted by molar-refractivity contribution is 6.31. The fourth-order valence-electron chi connectivity index (χ4n) is 7.79. The molecule has 4 amide bonds. The molecular formula is C33H26ClFN2O5. The number of amides is 4. The normalized spacial score (nSPS) is 30.3. The number of hydrogen-bond donors (Lipinski definition) is 1. The van der Waals surface area contributed by atoms with Crippen LogP contribution in [0.3, 0.4) is 0 Å². The first-order chi connectivity index (χ1) is 20.1. The highest BCUT2D eigenvalue weighted by atomic mass is 35.5. The summed E-state index contributed by atoms with van der Waals surface area (Å²) < 4.78 is 14.8. The van der Waals surface area contributed by atoms with E-state index in [1.807, 2.05) is 6.08 Å². The molecular weight excluding hydrogens is 559 g/mol. The predicted molar refractivity (Wildman–Crippen MR) is 153 cm³/mol. The Hall–Kier alpha value is -4.30. The van der Waals surface area contributed by atoms with E-state index in [9.17, 15) is 28.7 Å². The van der Waals surface area contributed by atoms with Crippen LogP contribution in [0.1, 0.15) is 31.2 Å². The maximum atomic E-state index is 14.8. The van der Waals surface area contributed by atoms with E-state index in [1.165, 1.54) is 15.9 Å². The van der Waals surface area contributed by atoms with Crippen LogP contribution in [-0.2, 0) is 19.2 Å². The minimum absolute atomic E-state index is 0.164. The third kappa shape index (κ3) is 3.51. The first kappa shape index (κ1) is 26.6. The Bertz CT molecular complexity index is 1710. The Balaban J connectivity index is 1.38. The van der Waals surface area contributed by atoms with E-state index in [2.05, 4.69) is 0 Å². The Morgan fingerprint density at radius 1 is 0.833 bits per heavy atom. The van der Waals surface area contributed by atoms with Gasteiger partial charge in [-0.15, -0.1) is 0 Å². The smallest absolute Gasteiger partial charge is 0.241 e. The summed E-state index contributed by atoms with van der Waals surface area (Å²) in [5.41, 5.74) is 0.314. The van der Waals surface area contributed by atoms with Gasteiger partial charge >= 0.3 is 0 Å². The zero-order valence-electron chi connectivity index (χ0n) is 22.5. The number of benzene rings is 3. The Labute approximate surface area is 246 Å². The lowest BCUT2D eigenvalue weighted by Gasteiger charge is -2.49. The van der Waals surface area contributed by atoms with Crippen LogP contribution in [0.5, 0.6) is 5.75 Å². The van der Waals surface area contributed by atoms with Gasteiger partial charge in [-0.3, -0.25) is 24.1 Å². The van der Waals surface area contributed by atoms with Crippen molar-refractivity contribution in [3.63, 3.8) is 0 Å². The van der Waals surface area contributed by atoms with Gasteiger partial charge in [0.25, 0.3) is 0 Å². The lowest BCUT2D eigenvalue weighted by atomic mass is 9.51. The number of phenols is 1. The van der Waals surface area contributed by atoms with Gasteiger partial charge in [-0.2, -0.15) is 0 Å². The van der Waals surface area contributed by atoms with E-state index >= 15 is 0 Å². The number of fused-ring (bicyclic) bond motifs is 4. The lowest BCUT2D eigenvalue weighted by molar-refractivity contribution is -0.131. The molecule has 0 spiro atoms. The van der Waals surface area contributed by atoms with Crippen LogP contribution >= 0.6 is 11.6 Å². The molecule has 1 saturated carbocycles. The van der Waals surface area contributed by atoms with E-state index in [4.69, 9.17) is 11.6 Å². The summed E-state index contributed by atoms with van der Waals surface area (Å²) in [7, 11) is 0. The SMILES string of the molecule is C[C@@]12C(=O)N(c3ccccc3)C(=O)[C@@H]1C[C@@H]1C(=CC[C@@H]3C(=O)N(c4ccc(Cl)cc4)C(=O)[C@@H]31)[C@@H]2c1cccc(F)c1O. The van der Waals surface area contributed by atoms with Crippen molar-refractivity contribution in [2.75, 3.05) is 9.80 Å². The predicted octanol–water partition coefficient (Wildman–Crippen LogP) is 5.62. The highest BCUT2D eigenvalue weighted by Gasteiger charge is 2.68. The molecule has 7 rings (SSSR count). The summed E-state index contributed by atoms with van der Waals surface area (Å²) in [5, 5.41) is 11.4. The van der Waals surface area contributed by atoms with Gasteiger partial charge in [0.05, 0.1) is 34.5 Å². The largest absolute Gasteiger partial charge is 0.505 e. The van der Waals surface area contributed by atoms with Gasteiger partial charge in [-0.1, -0.05) is 53.6 Å². The zero-order valence-corrected chi connectivity index (χ0v) is 23.3. The molecule has 1 N–H and O–H groups in total. The fraction of sp³-hybridized carbons (Fsp3) is 0.273. The van der Waals surface area contributed by atoms with Crippen molar-refractivity contribution in [2.45, 2.75) is 25.7 Å². The van der Waals surface area contributed by atoms with E-state index < -0.39 is 58.4 Å². The monoisotopic (exact) mass is 584 g/mol. The van der Waals surface area contributed by atoms with Crippen LogP contribution in [0.4, 0.5) is 15.8 Å². The molecule has 2 aliphatic heterocycles. The number of halogens is 2. The topological polar surface area (TPSA) is 95.0 Å². The standard InChI is InChI=1S/C33H26ClFN2O5/c1-33-24(30(40)37(32(33)42)18-6-3-2-4-7-18)16-23-20(27(33)22-8-5-9-25(35)28(22)38)14-15-21-26(23)31(41)36(29(21)39)19-12-10-17(34)11-13-19/h2-14,21,23-24,26-27,38H,15-16H2,1H3/t21-,23+,24-,26-,27+,33+/m0/s1. The van der Waals surface area contributed by atoms with Crippen molar-refractivity contribution in [1.82, 2.24) is 0 Å². The Kier molecular flexibility index (Phi) is 5.92. The number of carbonyl (C=O) groups is 4. The minimum atomic E-state index is -1.37. The van der Waals surface area contributed by atoms with Crippen molar-refractivity contribution in [1.29, 1.82) is 0 Å². The number of nitrogens with zero attached hydrogens (tertiary/aromatic N) is 2. The van der Waals surface area contributed by atoms with Crippen LogP contribution in [-0.4, -0.2) is 28.7 Å². The third-order valence-electron chi connectivity index (χ3n) is 9.70. The Morgan fingerprint density at radius 3 is 2.24 bits per heavy atom. The number of para-hydroxylation sites is 2. The van der Waals surface area contributed by atoms with E-state index in [0.29, 0.717) is 22.0 Å². The average Bonchev–Trinajstić information content (AvgIpc) is 3.35. The van der Waals surface area contributed by atoms with Gasteiger partial charge in [0, 0.05) is 16.5 Å². The summed E-state index contributed by atoms with van der Waals surface area (Å²) in [6, 6.07) is 19.2. The van der Waals surface area contributed by atoms with E-state index in [-0.39, 0.29) is 30.2 Å². The van der Waals surface area contributed by atoms with Crippen LogP contribution in [0.2, 0.25) is 5.02 Å². The zero-order chi connectivity index (χ0) is 29.5. The molecule has 7 nitrogen and oxygen atoms in total. The number of anilines is 2.